The largest absolute Gasteiger partial charge is 0.464 e. The van der Waals surface area contributed by atoms with Gasteiger partial charge < -0.3 is 29.7 Å². The number of nitrogen functional groups attached to an aromatic ring is 1. The average Bonchev–Trinajstić information content (AvgIpc) is 3.41. The lowest BCUT2D eigenvalue weighted by atomic mass is 10.2. The second-order valence-corrected chi connectivity index (χ2v) is 8.28. The van der Waals surface area contributed by atoms with E-state index < -0.39 is 20.2 Å². The number of benzene rings is 1. The van der Waals surface area contributed by atoms with Gasteiger partial charge in [0.05, 0.1) is 25.6 Å². The van der Waals surface area contributed by atoms with Gasteiger partial charge in [-0.2, -0.15) is 0 Å². The summed E-state index contributed by atoms with van der Waals surface area (Å²) in [6.07, 6.45) is 2.19. The predicted octanol–water partition coefficient (Wildman–Crippen LogP) is 1.96. The summed E-state index contributed by atoms with van der Waals surface area (Å²) < 4.78 is 18.1. The number of anilines is 1. The van der Waals surface area contributed by atoms with E-state index in [9.17, 15) is 14.6 Å². The SMILES string of the molecule is CCOC(=O)C(OCC1CCC(n2cnc3c(N)nc(-c4ccccc4)nc32)O1)P(O)O. The molecule has 11 nitrogen and oxygen atoms in total. The van der Waals surface area contributed by atoms with Gasteiger partial charge in [-0.1, -0.05) is 30.3 Å². The summed E-state index contributed by atoms with van der Waals surface area (Å²) in [6, 6.07) is 9.51. The summed E-state index contributed by atoms with van der Waals surface area (Å²) in [5.74, 6) is -1.46. The van der Waals surface area contributed by atoms with E-state index >= 15 is 0 Å². The number of aromatic nitrogens is 4. The molecule has 1 aromatic carbocycles. The van der Waals surface area contributed by atoms with Gasteiger partial charge in [0.2, 0.25) is 14.2 Å². The zero-order valence-corrected chi connectivity index (χ0v) is 18.3. The second-order valence-electron chi connectivity index (χ2n) is 7.17. The monoisotopic (exact) mass is 461 g/mol. The van der Waals surface area contributed by atoms with Gasteiger partial charge in [-0.05, 0) is 19.8 Å². The number of carbonyl (C=O) groups is 1. The number of hydrogen-bond donors (Lipinski definition) is 3. The van der Waals surface area contributed by atoms with Crippen LogP contribution in [0.5, 0.6) is 0 Å². The third-order valence-corrected chi connectivity index (χ3v) is 5.79. The lowest BCUT2D eigenvalue weighted by Crippen LogP contribution is -2.29. The standard InChI is InChI=1S/C20H24N5O6P/c1-2-29-19(26)20(32(27)28)30-10-13-8-9-14(31-13)25-11-22-15-16(21)23-17(24-18(15)25)12-6-4-3-5-7-12/h3-7,11,13-14,20,27-28H,2,8-10H2,1H3,(H2,21,23,24). The predicted molar refractivity (Wildman–Crippen MR) is 116 cm³/mol. The van der Waals surface area contributed by atoms with Crippen molar-refractivity contribution in [2.75, 3.05) is 18.9 Å². The van der Waals surface area contributed by atoms with Crippen LogP contribution in [-0.2, 0) is 19.0 Å². The molecule has 170 valence electrons. The number of carbonyl (C=O) groups excluding carboxylic acids is 1. The molecule has 32 heavy (non-hydrogen) atoms. The van der Waals surface area contributed by atoms with Gasteiger partial charge >= 0.3 is 5.97 Å². The highest BCUT2D eigenvalue weighted by Gasteiger charge is 2.33. The van der Waals surface area contributed by atoms with Crippen molar-refractivity contribution in [3.05, 3.63) is 36.7 Å². The molecule has 4 N–H and O–H groups in total. The summed E-state index contributed by atoms with van der Waals surface area (Å²) in [6.45, 7) is 1.76. The number of ether oxygens (including phenoxy) is 3. The van der Waals surface area contributed by atoms with E-state index in [4.69, 9.17) is 19.9 Å². The molecule has 0 saturated carbocycles. The molecule has 2 aromatic heterocycles. The maximum atomic E-state index is 11.8. The molecule has 12 heteroatoms. The fourth-order valence-electron chi connectivity index (χ4n) is 3.52. The van der Waals surface area contributed by atoms with Crippen molar-refractivity contribution in [3.63, 3.8) is 0 Å². The molecule has 0 amide bonds. The highest BCUT2D eigenvalue weighted by molar-refractivity contribution is 7.46. The third kappa shape index (κ3) is 4.72. The fourth-order valence-corrected chi connectivity index (χ4v) is 4.00. The van der Waals surface area contributed by atoms with Crippen LogP contribution in [0.15, 0.2) is 36.7 Å². The Morgan fingerprint density at radius 1 is 1.31 bits per heavy atom. The molecule has 1 aliphatic heterocycles. The molecule has 3 atom stereocenters. The van der Waals surface area contributed by atoms with Crippen molar-refractivity contribution in [1.29, 1.82) is 0 Å². The number of imidazole rings is 1. The van der Waals surface area contributed by atoms with Gasteiger partial charge in [-0.25, -0.2) is 19.7 Å². The quantitative estimate of drug-likeness (QED) is 0.335. The summed E-state index contributed by atoms with van der Waals surface area (Å²) in [5.41, 5.74) is 8.00. The molecule has 4 rings (SSSR count). The van der Waals surface area contributed by atoms with Crippen molar-refractivity contribution in [2.24, 2.45) is 0 Å². The van der Waals surface area contributed by atoms with Crippen molar-refractivity contribution in [2.45, 2.75) is 37.9 Å². The van der Waals surface area contributed by atoms with Gasteiger partial charge in [-0.3, -0.25) is 4.57 Å². The van der Waals surface area contributed by atoms with Crippen molar-refractivity contribution < 1.29 is 28.8 Å². The molecule has 0 bridgehead atoms. The van der Waals surface area contributed by atoms with Crippen LogP contribution in [0, 0.1) is 0 Å². The zero-order chi connectivity index (χ0) is 22.7. The first-order valence-corrected chi connectivity index (χ1v) is 11.5. The number of nitrogens with zero attached hydrogens (tertiary/aromatic N) is 4. The van der Waals surface area contributed by atoms with E-state index in [1.807, 2.05) is 30.3 Å². The van der Waals surface area contributed by atoms with E-state index in [1.54, 1.807) is 17.8 Å². The lowest BCUT2D eigenvalue weighted by Gasteiger charge is -2.20. The highest BCUT2D eigenvalue weighted by Crippen LogP contribution is 2.35. The van der Waals surface area contributed by atoms with Crippen molar-refractivity contribution >= 4 is 31.3 Å². The number of fused-ring (bicyclic) bond motifs is 1. The highest BCUT2D eigenvalue weighted by atomic mass is 31.2. The van der Waals surface area contributed by atoms with Crippen LogP contribution in [0.4, 0.5) is 5.82 Å². The minimum absolute atomic E-state index is 0.0128. The van der Waals surface area contributed by atoms with Crippen LogP contribution in [0.3, 0.4) is 0 Å². The number of rotatable bonds is 8. The van der Waals surface area contributed by atoms with Gasteiger partial charge in [0.25, 0.3) is 0 Å². The first-order valence-electron chi connectivity index (χ1n) is 10.1. The number of hydrogen-bond acceptors (Lipinski definition) is 10. The Bertz CT molecular complexity index is 1080. The topological polar surface area (TPSA) is 155 Å². The molecule has 0 radical (unpaired) electrons. The normalized spacial score (nSPS) is 19.5. The summed E-state index contributed by atoms with van der Waals surface area (Å²) in [7, 11) is -2.63. The molecule has 0 spiro atoms. The van der Waals surface area contributed by atoms with Crippen LogP contribution in [-0.4, -0.2) is 60.4 Å². The molecule has 3 aromatic rings. The molecular formula is C20H24N5O6P. The second kappa shape index (κ2) is 9.85. The van der Waals surface area contributed by atoms with Gasteiger partial charge in [0.15, 0.2) is 17.3 Å². The van der Waals surface area contributed by atoms with Crippen LogP contribution < -0.4 is 5.73 Å². The molecule has 1 fully saturated rings. The number of nitrogens with two attached hydrogens (primary N) is 1. The van der Waals surface area contributed by atoms with Crippen molar-refractivity contribution in [1.82, 2.24) is 19.5 Å². The molecule has 1 saturated heterocycles. The first-order chi connectivity index (χ1) is 15.5. The summed E-state index contributed by atoms with van der Waals surface area (Å²) in [5, 5.41) is 0. The van der Waals surface area contributed by atoms with Crippen molar-refractivity contribution in [3.8, 4) is 11.4 Å². The Labute approximate surface area is 185 Å². The Morgan fingerprint density at radius 2 is 2.09 bits per heavy atom. The van der Waals surface area contributed by atoms with E-state index in [-0.39, 0.29) is 31.4 Å². The Morgan fingerprint density at radius 3 is 2.81 bits per heavy atom. The third-order valence-electron chi connectivity index (χ3n) is 5.01. The van der Waals surface area contributed by atoms with Crippen LogP contribution in [0.1, 0.15) is 26.0 Å². The van der Waals surface area contributed by atoms with E-state index in [0.717, 1.165) is 5.56 Å². The molecule has 3 heterocycles. The zero-order valence-electron chi connectivity index (χ0n) is 17.4. The van der Waals surface area contributed by atoms with E-state index in [0.29, 0.717) is 29.8 Å². The van der Waals surface area contributed by atoms with E-state index in [1.165, 1.54) is 0 Å². The Balaban J connectivity index is 1.48. The summed E-state index contributed by atoms with van der Waals surface area (Å²) in [4.78, 5) is 44.1. The minimum Gasteiger partial charge on any atom is -0.464 e. The maximum absolute atomic E-state index is 11.8. The summed E-state index contributed by atoms with van der Waals surface area (Å²) >= 11 is 0. The van der Waals surface area contributed by atoms with Gasteiger partial charge in [-0.15, -0.1) is 0 Å². The van der Waals surface area contributed by atoms with Gasteiger partial charge in [0.1, 0.15) is 11.7 Å². The molecular weight excluding hydrogens is 437 g/mol. The minimum atomic E-state index is -2.63. The molecule has 3 unspecified atom stereocenters. The molecule has 0 aliphatic carbocycles. The Hall–Kier alpha value is -2.69. The smallest absolute Gasteiger partial charge is 0.344 e. The fraction of sp³-hybridized carbons (Fsp3) is 0.400. The van der Waals surface area contributed by atoms with Crippen LogP contribution in [0.2, 0.25) is 0 Å². The van der Waals surface area contributed by atoms with Crippen LogP contribution in [0.25, 0.3) is 22.6 Å². The van der Waals surface area contributed by atoms with E-state index in [2.05, 4.69) is 15.0 Å². The average molecular weight is 461 g/mol. The van der Waals surface area contributed by atoms with Crippen LogP contribution >= 0.6 is 8.38 Å². The first kappa shape index (κ1) is 22.5. The van der Waals surface area contributed by atoms with Gasteiger partial charge in [0, 0.05) is 5.56 Å². The maximum Gasteiger partial charge on any atom is 0.344 e. The lowest BCUT2D eigenvalue weighted by molar-refractivity contribution is -0.153. The Kier molecular flexibility index (Phi) is 6.92. The number of esters is 1. The molecule has 1 aliphatic rings.